The van der Waals surface area contributed by atoms with E-state index in [4.69, 9.17) is 16.3 Å². The van der Waals surface area contributed by atoms with Gasteiger partial charge >= 0.3 is 5.97 Å². The van der Waals surface area contributed by atoms with Crippen molar-refractivity contribution in [3.8, 4) is 0 Å². The summed E-state index contributed by atoms with van der Waals surface area (Å²) in [5.41, 5.74) is -2.45. The van der Waals surface area contributed by atoms with Gasteiger partial charge in [0.1, 0.15) is 23.7 Å². The summed E-state index contributed by atoms with van der Waals surface area (Å²) >= 11 is 5.68. The number of hydrogen-bond donors (Lipinski definition) is 2. The summed E-state index contributed by atoms with van der Waals surface area (Å²) in [7, 11) is 0. The summed E-state index contributed by atoms with van der Waals surface area (Å²) in [5, 5.41) is 22.5. The Labute approximate surface area is 164 Å². The van der Waals surface area contributed by atoms with Gasteiger partial charge in [0.05, 0.1) is 0 Å². The summed E-state index contributed by atoms with van der Waals surface area (Å²) in [5.74, 6) is -1.43. The molecule has 4 fully saturated rings. The molecule has 4 aliphatic rings. The molecule has 4 aliphatic carbocycles. The van der Waals surface area contributed by atoms with E-state index in [0.717, 1.165) is 12.0 Å². The number of ketones is 1. The zero-order valence-electron chi connectivity index (χ0n) is 15.6. The van der Waals surface area contributed by atoms with Gasteiger partial charge in [0, 0.05) is 10.8 Å². The molecule has 5 nitrogen and oxygen atoms in total. The zero-order chi connectivity index (χ0) is 19.8. The van der Waals surface area contributed by atoms with Crippen LogP contribution < -0.4 is 0 Å². The van der Waals surface area contributed by atoms with Crippen molar-refractivity contribution in [2.75, 3.05) is 5.88 Å². The van der Waals surface area contributed by atoms with Gasteiger partial charge in [-0.2, -0.15) is 0 Å². The van der Waals surface area contributed by atoms with Gasteiger partial charge in [0.15, 0.2) is 5.78 Å². The third kappa shape index (κ3) is 2.08. The van der Waals surface area contributed by atoms with E-state index in [1.165, 1.54) is 0 Å². The van der Waals surface area contributed by atoms with Crippen LogP contribution in [0.4, 0.5) is 0 Å². The maximum absolute atomic E-state index is 13.1. The average Bonchev–Trinajstić information content (AvgIpc) is 3.37. The van der Waals surface area contributed by atoms with E-state index in [1.54, 1.807) is 6.08 Å². The van der Waals surface area contributed by atoms with Crippen molar-refractivity contribution in [3.63, 3.8) is 0 Å². The Kier molecular flexibility index (Phi) is 4.20. The van der Waals surface area contributed by atoms with Gasteiger partial charge in [-0.3, -0.25) is 9.59 Å². The lowest BCUT2D eigenvalue weighted by Gasteiger charge is -2.52. The van der Waals surface area contributed by atoms with E-state index in [2.05, 4.69) is 13.2 Å². The van der Waals surface area contributed by atoms with E-state index >= 15 is 0 Å². The van der Waals surface area contributed by atoms with Crippen LogP contribution in [0, 0.1) is 28.6 Å². The van der Waals surface area contributed by atoms with Crippen LogP contribution in [0.2, 0.25) is 0 Å². The van der Waals surface area contributed by atoms with Crippen molar-refractivity contribution in [1.29, 1.82) is 0 Å². The number of aliphatic hydroxyl groups excluding tert-OH is 1. The minimum Gasteiger partial charge on any atom is -0.461 e. The van der Waals surface area contributed by atoms with Crippen LogP contribution in [0.25, 0.3) is 0 Å². The van der Waals surface area contributed by atoms with Crippen molar-refractivity contribution in [1.82, 2.24) is 0 Å². The normalized spacial score (nSPS) is 50.2. The van der Waals surface area contributed by atoms with E-state index in [9.17, 15) is 19.8 Å². The maximum atomic E-state index is 13.1. The van der Waals surface area contributed by atoms with Gasteiger partial charge in [-0.1, -0.05) is 31.7 Å². The smallest absolute Gasteiger partial charge is 0.321 e. The predicted octanol–water partition coefficient (Wildman–Crippen LogP) is 2.39. The quantitative estimate of drug-likeness (QED) is 0.434. The predicted molar refractivity (Wildman–Crippen MR) is 100.0 cm³/mol. The van der Waals surface area contributed by atoms with Gasteiger partial charge < -0.3 is 14.9 Å². The Morgan fingerprint density at radius 2 is 2.15 bits per heavy atom. The highest BCUT2D eigenvalue weighted by molar-refractivity contribution is 6.26. The second kappa shape index (κ2) is 5.91. The number of allylic oxidation sites excluding steroid dienone is 2. The highest BCUT2D eigenvalue weighted by Gasteiger charge is 2.85. The number of carbonyl (C=O) groups excluding carboxylic acids is 2. The molecule has 1 unspecified atom stereocenters. The molecule has 0 amide bonds. The molecule has 27 heavy (non-hydrogen) atoms. The lowest BCUT2D eigenvalue weighted by Crippen LogP contribution is -2.63. The molecule has 0 aromatic carbocycles. The number of rotatable bonds is 4. The van der Waals surface area contributed by atoms with Crippen LogP contribution in [0.3, 0.4) is 0 Å². The Balaban J connectivity index is 1.91. The molecule has 0 aromatic heterocycles. The maximum Gasteiger partial charge on any atom is 0.321 e. The molecule has 4 rings (SSSR count). The molecule has 1 spiro atoms. The number of esters is 1. The summed E-state index contributed by atoms with van der Waals surface area (Å²) in [6.45, 7) is 10.00. The van der Waals surface area contributed by atoms with Gasteiger partial charge in [-0.15, -0.1) is 11.6 Å². The van der Waals surface area contributed by atoms with Crippen molar-refractivity contribution in [3.05, 3.63) is 24.8 Å². The fourth-order valence-corrected chi connectivity index (χ4v) is 7.06. The molecule has 148 valence electrons. The highest BCUT2D eigenvalue weighted by atomic mass is 35.5. The van der Waals surface area contributed by atoms with Crippen LogP contribution in [0.15, 0.2) is 24.8 Å². The lowest BCUT2D eigenvalue weighted by molar-refractivity contribution is -0.196. The van der Waals surface area contributed by atoms with Crippen molar-refractivity contribution >= 4 is 23.4 Å². The van der Waals surface area contributed by atoms with Crippen LogP contribution in [-0.2, 0) is 14.3 Å². The first-order valence-corrected chi connectivity index (χ1v) is 10.2. The van der Waals surface area contributed by atoms with Crippen molar-refractivity contribution in [2.45, 2.75) is 56.8 Å². The Bertz CT molecular complexity index is 734. The molecule has 6 heteroatoms. The first-order valence-electron chi connectivity index (χ1n) is 9.71. The van der Waals surface area contributed by atoms with Gasteiger partial charge in [-0.05, 0) is 49.9 Å². The SMILES string of the molecule is C=CC(=C)[C@@H]1C[C@@H](OC(=O)CCl)[C@]23CC2CC[C@]2(C[C@H](O)C(=O)[C@]23O)[C@H]1C. The van der Waals surface area contributed by atoms with Gasteiger partial charge in [-0.25, -0.2) is 0 Å². The van der Waals surface area contributed by atoms with Crippen molar-refractivity contribution < 1.29 is 24.5 Å². The zero-order valence-corrected chi connectivity index (χ0v) is 16.4. The fourth-order valence-electron chi connectivity index (χ4n) is 7.00. The fraction of sp³-hybridized carbons (Fsp3) is 0.714. The standard InChI is InChI=1S/C21H27ClO5/c1-4-11(2)14-7-16(27-17(24)10-22)20-8-13(20)5-6-19(12(14)3)9-15(23)18(25)21(19,20)26/h4,12-16,23,26H,1-2,5-10H2,3H3/t12-,13?,14-,15-,16+,19-,20-,21-/m0/s1. The van der Waals surface area contributed by atoms with E-state index in [0.29, 0.717) is 19.3 Å². The lowest BCUT2D eigenvalue weighted by atomic mass is 9.53. The second-order valence-electron chi connectivity index (χ2n) is 8.95. The summed E-state index contributed by atoms with van der Waals surface area (Å²) in [6, 6.07) is 0. The van der Waals surface area contributed by atoms with Crippen LogP contribution >= 0.6 is 11.6 Å². The van der Waals surface area contributed by atoms with E-state index < -0.39 is 40.4 Å². The Hall–Kier alpha value is -1.17. The van der Waals surface area contributed by atoms with Crippen LogP contribution in [0.1, 0.15) is 39.0 Å². The first-order chi connectivity index (χ1) is 12.7. The molecule has 0 aliphatic heterocycles. The van der Waals surface area contributed by atoms with Crippen molar-refractivity contribution in [2.24, 2.45) is 28.6 Å². The number of Topliss-reactive ketones (excluding diaryl/α,β-unsaturated/α-hetero) is 1. The highest BCUT2D eigenvalue weighted by Crippen LogP contribution is 2.79. The first kappa shape index (κ1) is 19.2. The number of halogens is 1. The third-order valence-electron chi connectivity index (χ3n) is 8.34. The number of aliphatic hydroxyl groups is 2. The largest absolute Gasteiger partial charge is 0.461 e. The molecule has 2 bridgehead atoms. The molecule has 2 N–H and O–H groups in total. The monoisotopic (exact) mass is 394 g/mol. The van der Waals surface area contributed by atoms with E-state index in [-0.39, 0.29) is 30.1 Å². The molecular formula is C21H27ClO5. The minimum absolute atomic E-state index is 0.0982. The number of ether oxygens (including phenoxy) is 1. The summed E-state index contributed by atoms with van der Waals surface area (Å²) < 4.78 is 5.74. The summed E-state index contributed by atoms with van der Waals surface area (Å²) in [4.78, 5) is 25.2. The molecular weight excluding hydrogens is 368 g/mol. The average molecular weight is 395 g/mol. The molecule has 0 radical (unpaired) electrons. The van der Waals surface area contributed by atoms with Gasteiger partial charge in [0.25, 0.3) is 0 Å². The number of alkyl halides is 1. The second-order valence-corrected chi connectivity index (χ2v) is 9.22. The Morgan fingerprint density at radius 3 is 2.78 bits per heavy atom. The molecule has 0 heterocycles. The third-order valence-corrected chi connectivity index (χ3v) is 8.56. The molecule has 0 aromatic rings. The summed E-state index contributed by atoms with van der Waals surface area (Å²) in [6.07, 6.45) is 2.78. The number of carbonyl (C=O) groups is 2. The van der Waals surface area contributed by atoms with Crippen LogP contribution in [-0.4, -0.2) is 45.7 Å². The molecule has 0 saturated heterocycles. The molecule has 4 saturated carbocycles. The van der Waals surface area contributed by atoms with Gasteiger partial charge in [0.2, 0.25) is 0 Å². The van der Waals surface area contributed by atoms with Crippen LogP contribution in [0.5, 0.6) is 0 Å². The topological polar surface area (TPSA) is 83.8 Å². The van der Waals surface area contributed by atoms with E-state index in [1.807, 2.05) is 6.92 Å². The Morgan fingerprint density at radius 1 is 1.44 bits per heavy atom. The minimum atomic E-state index is -1.69. The molecule has 8 atom stereocenters. The number of hydrogen-bond acceptors (Lipinski definition) is 5.